The molecule has 1 saturated heterocycles. The molecule has 4 rings (SSSR count). The third-order valence-corrected chi connectivity index (χ3v) is 9.07. The Morgan fingerprint density at radius 2 is 1.91 bits per heavy atom. The van der Waals surface area contributed by atoms with E-state index in [0.717, 1.165) is 18.3 Å². The van der Waals surface area contributed by atoms with Crippen LogP contribution in [0.25, 0.3) is 0 Å². The smallest absolute Gasteiger partial charge is 0.376 e. The molecule has 33 heavy (non-hydrogen) atoms. The lowest BCUT2D eigenvalue weighted by molar-refractivity contribution is -0.258. The summed E-state index contributed by atoms with van der Waals surface area (Å²) in [5.74, 6) is 0. The molecule has 0 spiro atoms. The van der Waals surface area contributed by atoms with Gasteiger partial charge in [0, 0.05) is 44.3 Å². The molecule has 0 radical (unpaired) electrons. The van der Waals surface area contributed by atoms with E-state index in [1.54, 1.807) is 36.2 Å². The summed E-state index contributed by atoms with van der Waals surface area (Å²) in [5.41, 5.74) is -2.58. The van der Waals surface area contributed by atoms with E-state index in [1.165, 1.54) is 28.6 Å². The van der Waals surface area contributed by atoms with E-state index >= 15 is 0 Å². The number of hydrogen-bond donors (Lipinski definition) is 1. The van der Waals surface area contributed by atoms with Crippen LogP contribution in [0, 0.1) is 0 Å². The molecule has 1 aliphatic heterocycles. The van der Waals surface area contributed by atoms with Gasteiger partial charge in [-0.05, 0) is 36.1 Å². The highest BCUT2D eigenvalue weighted by Gasteiger charge is 2.51. The van der Waals surface area contributed by atoms with Crippen molar-refractivity contribution < 1.29 is 26.7 Å². The highest BCUT2D eigenvalue weighted by Crippen LogP contribution is 2.39. The van der Waals surface area contributed by atoms with Gasteiger partial charge >= 0.3 is 6.18 Å². The molecule has 1 fully saturated rings. The van der Waals surface area contributed by atoms with E-state index in [0.29, 0.717) is 18.8 Å². The number of nitrogens with zero attached hydrogens (tertiary/aromatic N) is 4. The Morgan fingerprint density at radius 3 is 2.48 bits per heavy atom. The molecule has 12 heteroatoms. The van der Waals surface area contributed by atoms with Crippen LogP contribution in [0.4, 0.5) is 18.9 Å². The van der Waals surface area contributed by atoms with E-state index in [9.17, 15) is 26.7 Å². The van der Waals surface area contributed by atoms with Crippen molar-refractivity contribution in [2.45, 2.75) is 35.5 Å². The van der Waals surface area contributed by atoms with Gasteiger partial charge < -0.3 is 14.6 Å². The second-order valence-electron chi connectivity index (χ2n) is 8.02. The molecule has 1 N–H and O–H groups in total. The second kappa shape index (κ2) is 8.75. The molecule has 2 atom stereocenters. The lowest BCUT2D eigenvalue weighted by atomic mass is 9.95. The Morgan fingerprint density at radius 1 is 1.18 bits per heavy atom. The van der Waals surface area contributed by atoms with Gasteiger partial charge in [-0.3, -0.25) is 0 Å². The monoisotopic (exact) mass is 500 g/mol. The minimum atomic E-state index is -4.81. The number of thiophene rings is 1. The summed E-state index contributed by atoms with van der Waals surface area (Å²) in [6.45, 7) is 1.97. The van der Waals surface area contributed by atoms with Crippen LogP contribution in [-0.2, 0) is 22.2 Å². The largest absolute Gasteiger partial charge is 0.421 e. The molecule has 0 bridgehead atoms. The Labute approximate surface area is 193 Å². The summed E-state index contributed by atoms with van der Waals surface area (Å²) in [5, 5.41) is 11.7. The van der Waals surface area contributed by atoms with Crippen molar-refractivity contribution >= 4 is 27.0 Å². The van der Waals surface area contributed by atoms with Crippen molar-refractivity contribution in [1.29, 1.82) is 0 Å². The number of aromatic nitrogens is 2. The molecule has 3 aromatic rings. The van der Waals surface area contributed by atoms with E-state index in [2.05, 4.69) is 4.98 Å². The first-order chi connectivity index (χ1) is 15.5. The molecule has 0 saturated carbocycles. The lowest BCUT2D eigenvalue weighted by Crippen LogP contribution is -2.56. The summed E-state index contributed by atoms with van der Waals surface area (Å²) >= 11 is 1.16. The number of halogens is 3. The van der Waals surface area contributed by atoms with Gasteiger partial charge in [0.05, 0.1) is 12.4 Å². The number of rotatable bonds is 6. The molecule has 0 amide bonds. The van der Waals surface area contributed by atoms with Gasteiger partial charge in [0.15, 0.2) is 5.60 Å². The first-order valence-corrected chi connectivity index (χ1v) is 12.5. The first-order valence-electron chi connectivity index (χ1n) is 10.2. The fourth-order valence-corrected chi connectivity index (χ4v) is 6.47. The zero-order valence-electron chi connectivity index (χ0n) is 17.7. The topological polar surface area (TPSA) is 78.7 Å². The first kappa shape index (κ1) is 23.7. The van der Waals surface area contributed by atoms with Crippen LogP contribution < -0.4 is 4.90 Å². The van der Waals surface area contributed by atoms with E-state index in [4.69, 9.17) is 0 Å². The van der Waals surface area contributed by atoms with Crippen molar-refractivity contribution in [3.05, 3.63) is 66.1 Å². The van der Waals surface area contributed by atoms with E-state index in [-0.39, 0.29) is 28.9 Å². The normalized spacial score (nSPS) is 20.0. The third-order valence-electron chi connectivity index (χ3n) is 5.83. The van der Waals surface area contributed by atoms with Crippen LogP contribution in [-0.4, -0.2) is 59.2 Å². The predicted octanol–water partition coefficient (Wildman–Crippen LogP) is 3.29. The van der Waals surface area contributed by atoms with Crippen LogP contribution in [0.15, 0.2) is 64.7 Å². The highest BCUT2D eigenvalue weighted by molar-refractivity contribution is 7.91. The van der Waals surface area contributed by atoms with Gasteiger partial charge in [0.25, 0.3) is 10.0 Å². The van der Waals surface area contributed by atoms with Crippen molar-refractivity contribution in [3.63, 3.8) is 0 Å². The standard InChI is InChI=1S/C21H23F3N4O3S2/c1-20(29,21(22,23)24)16-4-6-17(7-5-16)28-11-10-27(33(30,31)19-3-2-12-32-19)14-18(28)13-26-9-8-25-15-26/h2-9,12,15,18,29H,10-11,13-14H2,1H3. The summed E-state index contributed by atoms with van der Waals surface area (Å²) in [7, 11) is -3.64. The minimum Gasteiger partial charge on any atom is -0.376 e. The van der Waals surface area contributed by atoms with Gasteiger partial charge in [0.2, 0.25) is 0 Å². The van der Waals surface area contributed by atoms with Crippen molar-refractivity contribution in [1.82, 2.24) is 13.9 Å². The number of piperazine rings is 1. The van der Waals surface area contributed by atoms with E-state index < -0.39 is 21.8 Å². The number of alkyl halides is 3. The SMILES string of the molecule is CC(O)(c1ccc(N2CCN(S(=O)(=O)c3cccs3)CC2Cn2ccnc2)cc1)C(F)(F)F. The fraction of sp³-hybridized carbons (Fsp3) is 0.381. The minimum absolute atomic E-state index is 0.209. The Kier molecular flexibility index (Phi) is 6.29. The molecule has 0 aliphatic carbocycles. The quantitative estimate of drug-likeness (QED) is 0.562. The van der Waals surface area contributed by atoms with Crippen LogP contribution in [0.3, 0.4) is 0 Å². The van der Waals surface area contributed by atoms with E-state index in [1.807, 2.05) is 9.47 Å². The summed E-state index contributed by atoms with van der Waals surface area (Å²) < 4.78 is 69.2. The fourth-order valence-electron chi connectivity index (χ4n) is 3.86. The van der Waals surface area contributed by atoms with Crippen LogP contribution >= 0.6 is 11.3 Å². The maximum Gasteiger partial charge on any atom is 0.421 e. The molecule has 2 unspecified atom stereocenters. The van der Waals surface area contributed by atoms with Crippen molar-refractivity contribution in [3.8, 4) is 0 Å². The highest BCUT2D eigenvalue weighted by atomic mass is 32.2. The Balaban J connectivity index is 1.61. The Bertz CT molecular complexity index is 1160. The molecular formula is C21H23F3N4O3S2. The second-order valence-corrected chi connectivity index (χ2v) is 11.1. The number of imidazole rings is 1. The molecular weight excluding hydrogens is 477 g/mol. The summed E-state index contributed by atoms with van der Waals surface area (Å²) in [4.78, 5) is 6.01. The lowest BCUT2D eigenvalue weighted by Gasteiger charge is -2.42. The summed E-state index contributed by atoms with van der Waals surface area (Å²) in [6, 6.07) is 8.55. The number of benzene rings is 1. The van der Waals surface area contributed by atoms with Gasteiger partial charge in [0.1, 0.15) is 4.21 Å². The van der Waals surface area contributed by atoms with Crippen molar-refractivity contribution in [2.75, 3.05) is 24.5 Å². The molecule has 3 heterocycles. The van der Waals surface area contributed by atoms with Crippen LogP contribution in [0.5, 0.6) is 0 Å². The zero-order valence-corrected chi connectivity index (χ0v) is 19.3. The molecule has 178 valence electrons. The molecule has 2 aromatic heterocycles. The average molecular weight is 501 g/mol. The molecule has 1 aromatic carbocycles. The predicted molar refractivity (Wildman–Crippen MR) is 119 cm³/mol. The maximum absolute atomic E-state index is 13.2. The molecule has 7 nitrogen and oxygen atoms in total. The Hall–Kier alpha value is -2.41. The van der Waals surface area contributed by atoms with Gasteiger partial charge in [-0.15, -0.1) is 11.3 Å². The van der Waals surface area contributed by atoms with Crippen molar-refractivity contribution in [2.24, 2.45) is 0 Å². The summed E-state index contributed by atoms with van der Waals surface area (Å²) in [6.07, 6.45) is 0.227. The average Bonchev–Trinajstić information content (AvgIpc) is 3.48. The van der Waals surface area contributed by atoms with Gasteiger partial charge in [-0.25, -0.2) is 13.4 Å². The van der Waals surface area contributed by atoms with Gasteiger partial charge in [-0.2, -0.15) is 17.5 Å². The van der Waals surface area contributed by atoms with Gasteiger partial charge in [-0.1, -0.05) is 18.2 Å². The zero-order chi connectivity index (χ0) is 23.9. The third kappa shape index (κ3) is 4.65. The molecule has 1 aliphatic rings. The van der Waals surface area contributed by atoms with Crippen LogP contribution in [0.1, 0.15) is 12.5 Å². The number of anilines is 1. The number of sulfonamides is 1. The maximum atomic E-state index is 13.2. The van der Waals surface area contributed by atoms with Crippen LogP contribution in [0.2, 0.25) is 0 Å². The number of hydrogen-bond acceptors (Lipinski definition) is 6. The number of aliphatic hydroxyl groups is 1.